The SMILES string of the molecule is O=C(O)COc1ccc(NC(=O)c2nnc(C(=O)Nc3ccc(F)cc3F)s2)cc1. The summed E-state index contributed by atoms with van der Waals surface area (Å²) in [6, 6.07) is 8.56. The van der Waals surface area contributed by atoms with E-state index in [9.17, 15) is 23.2 Å². The number of hydrogen-bond acceptors (Lipinski definition) is 7. The highest BCUT2D eigenvalue weighted by Gasteiger charge is 2.19. The van der Waals surface area contributed by atoms with Crippen LogP contribution in [0.4, 0.5) is 20.2 Å². The molecule has 0 fully saturated rings. The predicted molar refractivity (Wildman–Crippen MR) is 102 cm³/mol. The van der Waals surface area contributed by atoms with Crippen LogP contribution in [-0.2, 0) is 4.79 Å². The molecule has 0 aliphatic carbocycles. The van der Waals surface area contributed by atoms with Crippen molar-refractivity contribution >= 4 is 40.5 Å². The lowest BCUT2D eigenvalue weighted by Gasteiger charge is -2.05. The van der Waals surface area contributed by atoms with Crippen molar-refractivity contribution in [3.63, 3.8) is 0 Å². The second kappa shape index (κ2) is 9.05. The van der Waals surface area contributed by atoms with Crippen LogP contribution < -0.4 is 15.4 Å². The van der Waals surface area contributed by atoms with Gasteiger partial charge in [-0.15, -0.1) is 10.2 Å². The van der Waals surface area contributed by atoms with Gasteiger partial charge in [0.05, 0.1) is 5.69 Å². The van der Waals surface area contributed by atoms with Gasteiger partial charge in [0, 0.05) is 11.8 Å². The minimum absolute atomic E-state index is 0.120. The van der Waals surface area contributed by atoms with E-state index in [4.69, 9.17) is 9.84 Å². The summed E-state index contributed by atoms with van der Waals surface area (Å²) in [7, 11) is 0. The lowest BCUT2D eigenvalue weighted by molar-refractivity contribution is -0.139. The van der Waals surface area contributed by atoms with Crippen molar-refractivity contribution in [3.05, 3.63) is 64.1 Å². The van der Waals surface area contributed by atoms with Crippen molar-refractivity contribution < 1.29 is 33.0 Å². The molecule has 0 saturated carbocycles. The summed E-state index contributed by atoms with van der Waals surface area (Å²) in [4.78, 5) is 34.9. The van der Waals surface area contributed by atoms with Gasteiger partial charge in [-0.3, -0.25) is 9.59 Å². The van der Waals surface area contributed by atoms with Crippen LogP contribution in [0.2, 0.25) is 0 Å². The first-order valence-corrected chi connectivity index (χ1v) is 8.99. The van der Waals surface area contributed by atoms with Crippen LogP contribution in [0.3, 0.4) is 0 Å². The fourth-order valence-electron chi connectivity index (χ4n) is 2.14. The Hall–Kier alpha value is -3.93. The molecule has 9 nitrogen and oxygen atoms in total. The fourth-order valence-corrected chi connectivity index (χ4v) is 2.77. The Balaban J connectivity index is 1.61. The Bertz CT molecular complexity index is 1100. The highest BCUT2D eigenvalue weighted by molar-refractivity contribution is 7.15. The van der Waals surface area contributed by atoms with E-state index in [1.807, 2.05) is 0 Å². The summed E-state index contributed by atoms with van der Waals surface area (Å²) in [6.07, 6.45) is 0. The molecule has 2 amide bonds. The Morgan fingerprint density at radius 3 is 2.20 bits per heavy atom. The molecule has 3 rings (SSSR count). The highest BCUT2D eigenvalue weighted by Crippen LogP contribution is 2.19. The number of nitrogens with zero attached hydrogens (tertiary/aromatic N) is 2. The van der Waals surface area contributed by atoms with Crippen molar-refractivity contribution in [3.8, 4) is 5.75 Å². The Morgan fingerprint density at radius 1 is 0.967 bits per heavy atom. The van der Waals surface area contributed by atoms with Crippen LogP contribution in [0, 0.1) is 11.6 Å². The molecule has 154 valence electrons. The lowest BCUT2D eigenvalue weighted by Crippen LogP contribution is -2.13. The molecule has 1 aromatic heterocycles. The number of anilines is 2. The first-order chi connectivity index (χ1) is 14.3. The van der Waals surface area contributed by atoms with Gasteiger partial charge in [-0.1, -0.05) is 11.3 Å². The van der Waals surface area contributed by atoms with Gasteiger partial charge in [0.2, 0.25) is 10.0 Å². The minimum atomic E-state index is -1.12. The number of benzene rings is 2. The standard InChI is InChI=1S/C18H12F2N4O5S/c19-9-1-6-13(12(20)7-9)22-16(28)18-24-23-17(30-18)15(27)21-10-2-4-11(5-3-10)29-8-14(25)26/h1-7H,8H2,(H,21,27)(H,22,28)(H,25,26). The van der Waals surface area contributed by atoms with Crippen molar-refractivity contribution in [2.24, 2.45) is 0 Å². The zero-order valence-electron chi connectivity index (χ0n) is 14.9. The molecule has 1 heterocycles. The van der Waals surface area contributed by atoms with E-state index in [0.717, 1.165) is 12.1 Å². The molecule has 0 radical (unpaired) electrons. The van der Waals surface area contributed by atoms with Gasteiger partial charge in [0.1, 0.15) is 17.4 Å². The highest BCUT2D eigenvalue weighted by atomic mass is 32.1. The van der Waals surface area contributed by atoms with E-state index < -0.39 is 36.0 Å². The molecular weight excluding hydrogens is 422 g/mol. The molecule has 3 N–H and O–H groups in total. The van der Waals surface area contributed by atoms with Crippen molar-refractivity contribution in [1.29, 1.82) is 0 Å². The van der Waals surface area contributed by atoms with E-state index >= 15 is 0 Å². The van der Waals surface area contributed by atoms with Crippen molar-refractivity contribution in [1.82, 2.24) is 10.2 Å². The molecule has 0 unspecified atom stereocenters. The first kappa shape index (κ1) is 20.8. The van der Waals surface area contributed by atoms with Crippen LogP contribution in [0.15, 0.2) is 42.5 Å². The third-order valence-electron chi connectivity index (χ3n) is 3.47. The number of hydrogen-bond donors (Lipinski definition) is 3. The second-order valence-electron chi connectivity index (χ2n) is 5.65. The van der Waals surface area contributed by atoms with Gasteiger partial charge in [0.15, 0.2) is 6.61 Å². The largest absolute Gasteiger partial charge is 0.482 e. The number of rotatable bonds is 7. The quantitative estimate of drug-likeness (QED) is 0.521. The Kier molecular flexibility index (Phi) is 6.27. The van der Waals surface area contributed by atoms with E-state index in [-0.39, 0.29) is 15.7 Å². The number of nitrogens with one attached hydrogen (secondary N) is 2. The summed E-state index contributed by atoms with van der Waals surface area (Å²) < 4.78 is 31.5. The van der Waals surface area contributed by atoms with Crippen molar-refractivity contribution in [2.45, 2.75) is 0 Å². The zero-order valence-corrected chi connectivity index (χ0v) is 15.7. The van der Waals surface area contributed by atoms with Crippen LogP contribution in [-0.4, -0.2) is 39.7 Å². The summed E-state index contributed by atoms with van der Waals surface area (Å²) >= 11 is 0.678. The van der Waals surface area contributed by atoms with E-state index in [1.165, 1.54) is 24.3 Å². The van der Waals surface area contributed by atoms with Crippen LogP contribution in [0.1, 0.15) is 19.6 Å². The number of halogens is 2. The average molecular weight is 434 g/mol. The Labute approximate surface area is 171 Å². The molecule has 0 aliphatic heterocycles. The third-order valence-corrected chi connectivity index (χ3v) is 4.39. The zero-order chi connectivity index (χ0) is 21.7. The number of carboxylic acid groups (broad SMARTS) is 1. The molecule has 0 saturated heterocycles. The molecule has 0 atom stereocenters. The average Bonchev–Trinajstić information content (AvgIpc) is 3.20. The number of aromatic nitrogens is 2. The smallest absolute Gasteiger partial charge is 0.341 e. The monoisotopic (exact) mass is 434 g/mol. The number of aliphatic carboxylic acids is 1. The number of carbonyl (C=O) groups excluding carboxylic acids is 2. The summed E-state index contributed by atoms with van der Waals surface area (Å²) in [5, 5.41) is 20.2. The number of amides is 2. The topological polar surface area (TPSA) is 131 Å². The van der Waals surface area contributed by atoms with Gasteiger partial charge in [-0.05, 0) is 36.4 Å². The number of ether oxygens (including phenoxy) is 1. The second-order valence-corrected chi connectivity index (χ2v) is 6.63. The van der Waals surface area contributed by atoms with Crippen LogP contribution >= 0.6 is 11.3 Å². The summed E-state index contributed by atoms with van der Waals surface area (Å²) in [6.45, 7) is -0.497. The minimum Gasteiger partial charge on any atom is -0.482 e. The molecule has 3 aromatic rings. The first-order valence-electron chi connectivity index (χ1n) is 8.18. The molecule has 30 heavy (non-hydrogen) atoms. The van der Waals surface area contributed by atoms with E-state index in [1.54, 1.807) is 0 Å². The van der Waals surface area contributed by atoms with Crippen molar-refractivity contribution in [2.75, 3.05) is 17.2 Å². The van der Waals surface area contributed by atoms with Gasteiger partial charge < -0.3 is 20.5 Å². The number of carboxylic acids is 1. The van der Waals surface area contributed by atoms with Gasteiger partial charge in [-0.2, -0.15) is 0 Å². The van der Waals surface area contributed by atoms with Gasteiger partial charge in [-0.25, -0.2) is 13.6 Å². The molecule has 0 bridgehead atoms. The molecule has 2 aromatic carbocycles. The lowest BCUT2D eigenvalue weighted by atomic mass is 10.3. The van der Waals surface area contributed by atoms with Gasteiger partial charge in [0.25, 0.3) is 11.8 Å². The van der Waals surface area contributed by atoms with Gasteiger partial charge >= 0.3 is 5.97 Å². The maximum absolute atomic E-state index is 13.6. The number of carbonyl (C=O) groups is 3. The maximum Gasteiger partial charge on any atom is 0.341 e. The fraction of sp³-hybridized carbons (Fsp3) is 0.0556. The Morgan fingerprint density at radius 2 is 1.60 bits per heavy atom. The predicted octanol–water partition coefficient (Wildman–Crippen LogP) is 2.78. The van der Waals surface area contributed by atoms with E-state index in [0.29, 0.717) is 28.8 Å². The summed E-state index contributed by atoms with van der Waals surface area (Å²) in [5.41, 5.74) is 0.130. The maximum atomic E-state index is 13.6. The normalized spacial score (nSPS) is 10.3. The van der Waals surface area contributed by atoms with Crippen LogP contribution in [0.5, 0.6) is 5.75 Å². The molecule has 0 aliphatic rings. The third kappa shape index (κ3) is 5.32. The molecule has 0 spiro atoms. The summed E-state index contributed by atoms with van der Waals surface area (Å²) in [5.74, 6) is -4.01. The van der Waals surface area contributed by atoms with Crippen LogP contribution in [0.25, 0.3) is 0 Å². The molecular formula is C18H12F2N4O5S. The molecule has 12 heteroatoms. The van der Waals surface area contributed by atoms with E-state index in [2.05, 4.69) is 20.8 Å².